The lowest BCUT2D eigenvalue weighted by atomic mass is 10.2. The van der Waals surface area contributed by atoms with E-state index < -0.39 is 0 Å². The molecule has 5 nitrogen and oxygen atoms in total. The van der Waals surface area contributed by atoms with Crippen molar-refractivity contribution in [1.29, 1.82) is 0 Å². The number of aromatic nitrogens is 1. The summed E-state index contributed by atoms with van der Waals surface area (Å²) in [4.78, 5) is 11.8. The van der Waals surface area contributed by atoms with Crippen LogP contribution in [0.2, 0.25) is 0 Å². The maximum absolute atomic E-state index is 11.8. The third-order valence-corrected chi connectivity index (χ3v) is 2.42. The molecule has 0 spiro atoms. The summed E-state index contributed by atoms with van der Waals surface area (Å²) in [6.07, 6.45) is 3.90. The monoisotopic (exact) mass is 245 g/mol. The molecular weight excluding hydrogens is 230 g/mol. The van der Waals surface area contributed by atoms with E-state index in [1.165, 1.54) is 12.5 Å². The highest BCUT2D eigenvalue weighted by molar-refractivity contribution is 6.04. The molecule has 0 aliphatic carbocycles. The van der Waals surface area contributed by atoms with Crippen LogP contribution in [0.15, 0.2) is 41.2 Å². The van der Waals surface area contributed by atoms with E-state index in [1.807, 2.05) is 12.1 Å². The second-order valence-corrected chi connectivity index (χ2v) is 3.87. The standard InChI is InChI=1S/C13H15N3O2/c1-2-7-14-11-5-3-10(4-6-11)13(17)16-12-8-15-18-9-12/h3-6,8-9,14H,2,7H2,1H3,(H,16,17). The van der Waals surface area contributed by atoms with E-state index in [2.05, 4.69) is 27.2 Å². The highest BCUT2D eigenvalue weighted by Gasteiger charge is 2.06. The van der Waals surface area contributed by atoms with Crippen molar-refractivity contribution in [3.63, 3.8) is 0 Å². The number of hydrogen-bond donors (Lipinski definition) is 2. The normalized spacial score (nSPS) is 10.1. The fourth-order valence-electron chi connectivity index (χ4n) is 1.48. The van der Waals surface area contributed by atoms with Crippen molar-refractivity contribution in [2.24, 2.45) is 0 Å². The van der Waals surface area contributed by atoms with Gasteiger partial charge in [0.25, 0.3) is 5.91 Å². The van der Waals surface area contributed by atoms with Crippen molar-refractivity contribution in [3.8, 4) is 0 Å². The summed E-state index contributed by atoms with van der Waals surface area (Å²) in [6.45, 7) is 3.03. The number of benzene rings is 1. The maximum Gasteiger partial charge on any atom is 0.255 e. The number of amides is 1. The summed E-state index contributed by atoms with van der Waals surface area (Å²) in [6, 6.07) is 7.33. The van der Waals surface area contributed by atoms with E-state index in [0.29, 0.717) is 11.3 Å². The number of carbonyl (C=O) groups is 1. The Labute approximate surface area is 105 Å². The number of rotatable bonds is 5. The largest absolute Gasteiger partial charge is 0.385 e. The first kappa shape index (κ1) is 12.2. The van der Waals surface area contributed by atoms with Crippen LogP contribution < -0.4 is 10.6 Å². The van der Waals surface area contributed by atoms with Gasteiger partial charge in [0.1, 0.15) is 12.0 Å². The smallest absolute Gasteiger partial charge is 0.255 e. The van der Waals surface area contributed by atoms with Crippen LogP contribution in [0.4, 0.5) is 11.4 Å². The molecule has 0 aliphatic rings. The van der Waals surface area contributed by atoms with E-state index in [1.54, 1.807) is 12.1 Å². The van der Waals surface area contributed by atoms with E-state index in [4.69, 9.17) is 0 Å². The summed E-state index contributed by atoms with van der Waals surface area (Å²) in [5.41, 5.74) is 2.16. The maximum atomic E-state index is 11.8. The summed E-state index contributed by atoms with van der Waals surface area (Å²) >= 11 is 0. The Morgan fingerprint density at radius 2 is 2.06 bits per heavy atom. The Bertz CT molecular complexity index is 491. The van der Waals surface area contributed by atoms with Crippen molar-refractivity contribution < 1.29 is 9.32 Å². The summed E-state index contributed by atoms with van der Waals surface area (Å²) in [7, 11) is 0. The molecule has 1 heterocycles. The lowest BCUT2D eigenvalue weighted by Gasteiger charge is -2.06. The Kier molecular flexibility index (Phi) is 3.96. The van der Waals surface area contributed by atoms with Crippen molar-refractivity contribution in [1.82, 2.24) is 5.16 Å². The van der Waals surface area contributed by atoms with Gasteiger partial charge in [0, 0.05) is 17.8 Å². The van der Waals surface area contributed by atoms with Gasteiger partial charge in [0.05, 0.1) is 6.20 Å². The molecule has 0 fully saturated rings. The molecule has 1 aromatic heterocycles. The molecule has 1 aromatic carbocycles. The Balaban J connectivity index is 1.98. The minimum absolute atomic E-state index is 0.180. The summed E-state index contributed by atoms with van der Waals surface area (Å²) < 4.78 is 4.64. The molecule has 5 heteroatoms. The van der Waals surface area contributed by atoms with Gasteiger partial charge in [-0.15, -0.1) is 0 Å². The summed E-state index contributed by atoms with van der Waals surface area (Å²) in [5, 5.41) is 9.45. The first-order valence-electron chi connectivity index (χ1n) is 5.84. The first-order valence-corrected chi connectivity index (χ1v) is 5.84. The molecule has 0 saturated carbocycles. The highest BCUT2D eigenvalue weighted by Crippen LogP contribution is 2.12. The molecule has 0 radical (unpaired) electrons. The highest BCUT2D eigenvalue weighted by atomic mass is 16.5. The van der Waals surface area contributed by atoms with Crippen molar-refractivity contribution in [2.75, 3.05) is 17.2 Å². The molecule has 1 amide bonds. The van der Waals surface area contributed by atoms with Gasteiger partial charge >= 0.3 is 0 Å². The van der Waals surface area contributed by atoms with Crippen molar-refractivity contribution in [2.45, 2.75) is 13.3 Å². The minimum atomic E-state index is -0.180. The molecular formula is C13H15N3O2. The first-order chi connectivity index (χ1) is 8.79. The van der Waals surface area contributed by atoms with Gasteiger partial charge in [-0.1, -0.05) is 12.1 Å². The van der Waals surface area contributed by atoms with Gasteiger partial charge in [0.15, 0.2) is 0 Å². The lowest BCUT2D eigenvalue weighted by Crippen LogP contribution is -2.11. The number of nitrogens with one attached hydrogen (secondary N) is 2. The molecule has 0 unspecified atom stereocenters. The zero-order valence-corrected chi connectivity index (χ0v) is 10.1. The van der Waals surface area contributed by atoms with Crippen LogP contribution in [-0.4, -0.2) is 17.6 Å². The van der Waals surface area contributed by atoms with Crippen LogP contribution in [0, 0.1) is 0 Å². The molecule has 0 bridgehead atoms. The molecule has 2 rings (SSSR count). The van der Waals surface area contributed by atoms with Gasteiger partial charge in [-0.2, -0.15) is 0 Å². The average Bonchev–Trinajstić information content (AvgIpc) is 2.89. The molecule has 0 saturated heterocycles. The van der Waals surface area contributed by atoms with Crippen LogP contribution >= 0.6 is 0 Å². The van der Waals surface area contributed by atoms with Crippen molar-refractivity contribution >= 4 is 17.3 Å². The predicted octanol–water partition coefficient (Wildman–Crippen LogP) is 2.75. The van der Waals surface area contributed by atoms with Crippen LogP contribution in [0.1, 0.15) is 23.7 Å². The topological polar surface area (TPSA) is 67.2 Å². The van der Waals surface area contributed by atoms with E-state index in [9.17, 15) is 4.79 Å². The second-order valence-electron chi connectivity index (χ2n) is 3.87. The zero-order chi connectivity index (χ0) is 12.8. The number of nitrogens with zero attached hydrogens (tertiary/aromatic N) is 1. The van der Waals surface area contributed by atoms with E-state index in [0.717, 1.165) is 18.7 Å². The quantitative estimate of drug-likeness (QED) is 0.850. The lowest BCUT2D eigenvalue weighted by molar-refractivity contribution is 0.102. The number of anilines is 2. The third-order valence-electron chi connectivity index (χ3n) is 2.42. The Hall–Kier alpha value is -2.30. The number of carbonyl (C=O) groups excluding carboxylic acids is 1. The van der Waals surface area contributed by atoms with Crippen LogP contribution in [0.25, 0.3) is 0 Å². The van der Waals surface area contributed by atoms with Gasteiger partial charge in [-0.05, 0) is 30.7 Å². The van der Waals surface area contributed by atoms with Gasteiger partial charge in [0.2, 0.25) is 0 Å². The van der Waals surface area contributed by atoms with Crippen molar-refractivity contribution in [3.05, 3.63) is 42.3 Å². The summed E-state index contributed by atoms with van der Waals surface area (Å²) in [5.74, 6) is -0.180. The van der Waals surface area contributed by atoms with Gasteiger partial charge in [-0.25, -0.2) is 0 Å². The van der Waals surface area contributed by atoms with E-state index in [-0.39, 0.29) is 5.91 Å². The van der Waals surface area contributed by atoms with Crippen LogP contribution in [0.3, 0.4) is 0 Å². The minimum Gasteiger partial charge on any atom is -0.385 e. The fraction of sp³-hybridized carbons (Fsp3) is 0.231. The number of hydrogen-bond acceptors (Lipinski definition) is 4. The fourth-order valence-corrected chi connectivity index (χ4v) is 1.48. The van der Waals surface area contributed by atoms with Crippen LogP contribution in [0.5, 0.6) is 0 Å². The Morgan fingerprint density at radius 1 is 1.28 bits per heavy atom. The van der Waals surface area contributed by atoms with Gasteiger partial charge in [-0.3, -0.25) is 4.79 Å². The molecule has 94 valence electrons. The Morgan fingerprint density at radius 3 is 2.67 bits per heavy atom. The molecule has 2 N–H and O–H groups in total. The van der Waals surface area contributed by atoms with Crippen LogP contribution in [-0.2, 0) is 0 Å². The molecule has 2 aromatic rings. The predicted molar refractivity (Wildman–Crippen MR) is 69.7 cm³/mol. The second kappa shape index (κ2) is 5.86. The van der Waals surface area contributed by atoms with Gasteiger partial charge < -0.3 is 15.2 Å². The molecule has 0 atom stereocenters. The SMILES string of the molecule is CCCNc1ccc(C(=O)Nc2cnoc2)cc1. The third kappa shape index (κ3) is 3.10. The zero-order valence-electron chi connectivity index (χ0n) is 10.1. The molecule has 0 aliphatic heterocycles. The molecule has 18 heavy (non-hydrogen) atoms. The average molecular weight is 245 g/mol. The van der Waals surface area contributed by atoms with E-state index >= 15 is 0 Å².